The Kier molecular flexibility index (Phi) is 5.60. The van der Waals surface area contributed by atoms with Gasteiger partial charge >= 0.3 is 0 Å². The van der Waals surface area contributed by atoms with E-state index in [9.17, 15) is 5.11 Å². The van der Waals surface area contributed by atoms with E-state index in [1.165, 1.54) is 0 Å². The maximum absolute atomic E-state index is 9.54. The van der Waals surface area contributed by atoms with Crippen molar-refractivity contribution in [1.82, 2.24) is 4.90 Å². The van der Waals surface area contributed by atoms with Gasteiger partial charge in [-0.3, -0.25) is 4.90 Å². The molecule has 4 heteroatoms. The van der Waals surface area contributed by atoms with Gasteiger partial charge in [0.15, 0.2) is 0 Å². The molecule has 1 saturated heterocycles. The Labute approximate surface area is 127 Å². The zero-order valence-electron chi connectivity index (χ0n) is 12.7. The van der Waals surface area contributed by atoms with Gasteiger partial charge in [-0.25, -0.2) is 0 Å². The summed E-state index contributed by atoms with van der Waals surface area (Å²) in [6.07, 6.45) is 3.15. The molecule has 0 aliphatic carbocycles. The van der Waals surface area contributed by atoms with Gasteiger partial charge in [0.1, 0.15) is 18.4 Å². The number of para-hydroxylation sites is 1. The highest BCUT2D eigenvalue weighted by Gasteiger charge is 2.31. The van der Waals surface area contributed by atoms with Gasteiger partial charge < -0.3 is 9.84 Å². The van der Waals surface area contributed by atoms with Crippen LogP contribution in [0.3, 0.4) is 0 Å². The minimum absolute atomic E-state index is 0.130. The minimum Gasteiger partial charge on any atom is -0.491 e. The fourth-order valence-corrected chi connectivity index (χ4v) is 2.84. The molecule has 1 aromatic rings. The molecule has 4 nitrogen and oxygen atoms in total. The maximum Gasteiger partial charge on any atom is 0.137 e. The van der Waals surface area contributed by atoms with Crippen LogP contribution in [0.25, 0.3) is 0 Å². The summed E-state index contributed by atoms with van der Waals surface area (Å²) in [5, 5.41) is 18.6. The zero-order valence-corrected chi connectivity index (χ0v) is 12.7. The molecule has 114 valence electrons. The number of aliphatic hydroxyl groups is 1. The van der Waals surface area contributed by atoms with E-state index in [1.807, 2.05) is 18.2 Å². The number of piperidine rings is 1. The van der Waals surface area contributed by atoms with Crippen molar-refractivity contribution in [2.45, 2.75) is 26.2 Å². The molecule has 2 rings (SSSR count). The lowest BCUT2D eigenvalue weighted by Crippen LogP contribution is -2.43. The highest BCUT2D eigenvalue weighted by molar-refractivity contribution is 5.42. The van der Waals surface area contributed by atoms with E-state index in [-0.39, 0.29) is 5.41 Å². The number of hydrogen-bond acceptors (Lipinski definition) is 4. The fourth-order valence-electron chi connectivity index (χ4n) is 2.84. The van der Waals surface area contributed by atoms with Crippen LogP contribution in [0.15, 0.2) is 24.3 Å². The van der Waals surface area contributed by atoms with Crippen molar-refractivity contribution in [2.75, 3.05) is 32.8 Å². The Morgan fingerprint density at radius 1 is 1.33 bits per heavy atom. The van der Waals surface area contributed by atoms with Gasteiger partial charge in [-0.1, -0.05) is 19.1 Å². The Balaban J connectivity index is 1.77. The quantitative estimate of drug-likeness (QED) is 0.873. The molecule has 1 aliphatic rings. The third kappa shape index (κ3) is 3.96. The van der Waals surface area contributed by atoms with Crippen molar-refractivity contribution in [3.63, 3.8) is 0 Å². The lowest BCUT2D eigenvalue weighted by atomic mass is 9.77. The van der Waals surface area contributed by atoms with Crippen molar-refractivity contribution in [3.05, 3.63) is 29.8 Å². The first-order chi connectivity index (χ1) is 10.2. The zero-order chi connectivity index (χ0) is 15.1. The summed E-state index contributed by atoms with van der Waals surface area (Å²) in [6, 6.07) is 9.48. The molecule has 0 unspecified atom stereocenters. The molecular weight excluding hydrogens is 264 g/mol. The second-order valence-corrected chi connectivity index (χ2v) is 5.81. The van der Waals surface area contributed by atoms with Gasteiger partial charge in [0.05, 0.1) is 5.56 Å². The highest BCUT2D eigenvalue weighted by Crippen LogP contribution is 2.33. The van der Waals surface area contributed by atoms with Gasteiger partial charge in [0.25, 0.3) is 0 Å². The van der Waals surface area contributed by atoms with Crippen LogP contribution < -0.4 is 4.74 Å². The van der Waals surface area contributed by atoms with E-state index >= 15 is 0 Å². The van der Waals surface area contributed by atoms with E-state index in [0.29, 0.717) is 24.5 Å². The van der Waals surface area contributed by atoms with Gasteiger partial charge in [-0.05, 0) is 49.9 Å². The van der Waals surface area contributed by atoms with Crippen LogP contribution in [0.5, 0.6) is 5.75 Å². The summed E-state index contributed by atoms with van der Waals surface area (Å²) in [5.41, 5.74) is 0.714. The van der Waals surface area contributed by atoms with Crippen molar-refractivity contribution in [2.24, 2.45) is 5.41 Å². The molecule has 0 saturated carbocycles. The topological polar surface area (TPSA) is 56.5 Å². The van der Waals surface area contributed by atoms with Crippen molar-refractivity contribution < 1.29 is 9.84 Å². The number of rotatable bonds is 6. The van der Waals surface area contributed by atoms with Gasteiger partial charge in [-0.15, -0.1) is 0 Å². The SMILES string of the molecule is CCC1(CO)CCN(CCOc2ccccc2C#N)CC1. The van der Waals surface area contributed by atoms with Gasteiger partial charge in [0, 0.05) is 13.2 Å². The molecule has 0 bridgehead atoms. The molecule has 1 fully saturated rings. The maximum atomic E-state index is 9.54. The average Bonchev–Trinajstić information content (AvgIpc) is 2.56. The lowest BCUT2D eigenvalue weighted by molar-refractivity contribution is 0.0366. The van der Waals surface area contributed by atoms with E-state index in [4.69, 9.17) is 10.00 Å². The summed E-state index contributed by atoms with van der Waals surface area (Å²) in [7, 11) is 0. The van der Waals surface area contributed by atoms with E-state index in [0.717, 1.165) is 38.9 Å². The Hall–Kier alpha value is -1.57. The van der Waals surface area contributed by atoms with Crippen LogP contribution in [-0.4, -0.2) is 42.9 Å². The standard InChI is InChI=1S/C17H24N2O2/c1-2-17(14-20)7-9-19(10-8-17)11-12-21-16-6-4-3-5-15(16)13-18/h3-6,20H,2,7-12,14H2,1H3. The molecule has 1 aliphatic heterocycles. The summed E-state index contributed by atoms with van der Waals surface area (Å²) in [6.45, 7) is 5.94. The van der Waals surface area contributed by atoms with Crippen molar-refractivity contribution in [1.29, 1.82) is 5.26 Å². The summed E-state index contributed by atoms with van der Waals surface area (Å²) < 4.78 is 5.72. The molecule has 1 heterocycles. The van der Waals surface area contributed by atoms with Gasteiger partial charge in [0.2, 0.25) is 0 Å². The molecule has 21 heavy (non-hydrogen) atoms. The number of likely N-dealkylation sites (tertiary alicyclic amines) is 1. The van der Waals surface area contributed by atoms with E-state index in [2.05, 4.69) is 17.9 Å². The minimum atomic E-state index is 0.130. The largest absolute Gasteiger partial charge is 0.491 e. The molecule has 0 spiro atoms. The van der Waals surface area contributed by atoms with Crippen LogP contribution >= 0.6 is 0 Å². The highest BCUT2D eigenvalue weighted by atomic mass is 16.5. The lowest BCUT2D eigenvalue weighted by Gasteiger charge is -2.40. The smallest absolute Gasteiger partial charge is 0.137 e. The number of nitriles is 1. The molecular formula is C17H24N2O2. The number of hydrogen-bond donors (Lipinski definition) is 1. The first-order valence-corrected chi connectivity index (χ1v) is 7.68. The first kappa shape index (κ1) is 15.8. The van der Waals surface area contributed by atoms with Crippen LogP contribution in [0.4, 0.5) is 0 Å². The number of ether oxygens (including phenoxy) is 1. The molecule has 0 aromatic heterocycles. The fraction of sp³-hybridized carbons (Fsp3) is 0.588. The molecule has 0 amide bonds. The molecule has 0 atom stereocenters. The van der Waals surface area contributed by atoms with Crippen molar-refractivity contribution >= 4 is 0 Å². The second kappa shape index (κ2) is 7.44. The van der Waals surface area contributed by atoms with Crippen molar-refractivity contribution in [3.8, 4) is 11.8 Å². The van der Waals surface area contributed by atoms with Crippen LogP contribution in [0.2, 0.25) is 0 Å². The monoisotopic (exact) mass is 288 g/mol. The Bertz CT molecular complexity index is 482. The summed E-state index contributed by atoms with van der Waals surface area (Å²) in [4.78, 5) is 2.37. The predicted molar refractivity (Wildman–Crippen MR) is 82.1 cm³/mol. The Morgan fingerprint density at radius 2 is 2.05 bits per heavy atom. The van der Waals surface area contributed by atoms with Crippen LogP contribution in [0.1, 0.15) is 31.7 Å². The normalized spacial score (nSPS) is 18.1. The third-order valence-electron chi connectivity index (χ3n) is 4.67. The first-order valence-electron chi connectivity index (χ1n) is 7.68. The van der Waals surface area contributed by atoms with E-state index in [1.54, 1.807) is 6.07 Å². The predicted octanol–water partition coefficient (Wildman–Crippen LogP) is 2.42. The average molecular weight is 288 g/mol. The molecule has 1 aromatic carbocycles. The number of nitrogens with zero attached hydrogens (tertiary/aromatic N) is 2. The number of benzene rings is 1. The summed E-state index contributed by atoms with van der Waals surface area (Å²) >= 11 is 0. The second-order valence-electron chi connectivity index (χ2n) is 5.81. The van der Waals surface area contributed by atoms with Gasteiger partial charge in [-0.2, -0.15) is 5.26 Å². The number of aliphatic hydroxyl groups excluding tert-OH is 1. The van der Waals surface area contributed by atoms with E-state index < -0.39 is 0 Å². The molecule has 0 radical (unpaired) electrons. The van der Waals surface area contributed by atoms with Crippen LogP contribution in [-0.2, 0) is 0 Å². The Morgan fingerprint density at radius 3 is 2.67 bits per heavy atom. The third-order valence-corrected chi connectivity index (χ3v) is 4.67. The molecule has 1 N–H and O–H groups in total. The summed E-state index contributed by atoms with van der Waals surface area (Å²) in [5.74, 6) is 0.662. The van der Waals surface area contributed by atoms with Crippen LogP contribution in [0, 0.1) is 16.7 Å².